The summed E-state index contributed by atoms with van der Waals surface area (Å²) in [5, 5.41) is 12.2. The van der Waals surface area contributed by atoms with E-state index in [0.717, 1.165) is 22.3 Å². The summed E-state index contributed by atoms with van der Waals surface area (Å²) >= 11 is 0. The highest BCUT2D eigenvalue weighted by Crippen LogP contribution is 2.44. The Morgan fingerprint density at radius 3 is 2.18 bits per heavy atom. The molecule has 2 N–H and O–H groups in total. The van der Waals surface area contributed by atoms with Crippen molar-refractivity contribution in [2.24, 2.45) is 5.41 Å². The van der Waals surface area contributed by atoms with Crippen molar-refractivity contribution in [1.82, 2.24) is 10.2 Å². The maximum absolute atomic E-state index is 13.2. The molecule has 33 heavy (non-hydrogen) atoms. The van der Waals surface area contributed by atoms with Crippen LogP contribution in [0.4, 0.5) is 4.79 Å². The van der Waals surface area contributed by atoms with Gasteiger partial charge in [0.05, 0.1) is 0 Å². The number of ether oxygens (including phenoxy) is 1. The summed E-state index contributed by atoms with van der Waals surface area (Å²) < 4.78 is 5.62. The third-order valence-electron chi connectivity index (χ3n) is 6.54. The molecule has 2 aromatic rings. The molecular weight excluding hydrogens is 420 g/mol. The monoisotopic (exact) mass is 450 g/mol. The first-order valence-corrected chi connectivity index (χ1v) is 11.3. The van der Waals surface area contributed by atoms with Gasteiger partial charge in [-0.05, 0) is 40.5 Å². The van der Waals surface area contributed by atoms with Gasteiger partial charge in [0.1, 0.15) is 18.7 Å². The van der Waals surface area contributed by atoms with Gasteiger partial charge in [-0.25, -0.2) is 9.59 Å². The number of carboxylic acids is 1. The first-order valence-electron chi connectivity index (χ1n) is 11.3. The lowest BCUT2D eigenvalue weighted by Crippen LogP contribution is -2.56. The molecule has 174 valence electrons. The van der Waals surface area contributed by atoms with E-state index in [4.69, 9.17) is 4.74 Å². The molecule has 0 aromatic heterocycles. The Hall–Kier alpha value is -3.35. The number of rotatable bonds is 5. The average molecular weight is 451 g/mol. The van der Waals surface area contributed by atoms with Gasteiger partial charge in [-0.1, -0.05) is 69.3 Å². The molecule has 2 atom stereocenters. The van der Waals surface area contributed by atoms with Crippen LogP contribution in [0.3, 0.4) is 0 Å². The van der Waals surface area contributed by atoms with Crippen molar-refractivity contribution in [3.63, 3.8) is 0 Å². The average Bonchev–Trinajstić information content (AvgIpc) is 3.38. The van der Waals surface area contributed by atoms with Crippen molar-refractivity contribution in [2.45, 2.75) is 51.6 Å². The van der Waals surface area contributed by atoms with Crippen LogP contribution in [0.2, 0.25) is 0 Å². The molecule has 4 rings (SSSR count). The Labute approximate surface area is 193 Å². The Balaban J connectivity index is 1.47. The van der Waals surface area contributed by atoms with E-state index in [1.165, 1.54) is 4.90 Å². The molecule has 2 aliphatic rings. The number of hydrogen-bond acceptors (Lipinski definition) is 4. The number of carbonyl (C=O) groups excluding carboxylic acids is 2. The number of hydrogen-bond donors (Lipinski definition) is 2. The predicted octanol–water partition coefficient (Wildman–Crippen LogP) is 4.02. The highest BCUT2D eigenvalue weighted by Gasteiger charge is 2.42. The van der Waals surface area contributed by atoms with Crippen molar-refractivity contribution < 1.29 is 24.2 Å². The number of carbonyl (C=O) groups is 3. The van der Waals surface area contributed by atoms with Crippen LogP contribution in [0, 0.1) is 5.41 Å². The van der Waals surface area contributed by atoms with Crippen molar-refractivity contribution in [1.29, 1.82) is 0 Å². The Morgan fingerprint density at radius 1 is 1.06 bits per heavy atom. The second kappa shape index (κ2) is 8.89. The summed E-state index contributed by atoms with van der Waals surface area (Å²) in [6, 6.07) is 14.4. The summed E-state index contributed by atoms with van der Waals surface area (Å²) in [6.07, 6.45) is 0.365. The van der Waals surface area contributed by atoms with Gasteiger partial charge in [0, 0.05) is 12.5 Å². The number of benzene rings is 2. The maximum Gasteiger partial charge on any atom is 0.407 e. The number of alkyl carbamates (subject to hydrolysis) is 1. The Kier molecular flexibility index (Phi) is 6.15. The van der Waals surface area contributed by atoms with E-state index in [9.17, 15) is 19.5 Å². The van der Waals surface area contributed by atoms with Crippen molar-refractivity contribution in [2.75, 3.05) is 13.2 Å². The van der Waals surface area contributed by atoms with Gasteiger partial charge in [0.15, 0.2) is 0 Å². The molecule has 0 saturated carbocycles. The van der Waals surface area contributed by atoms with Gasteiger partial charge < -0.3 is 20.1 Å². The molecule has 1 heterocycles. The SMILES string of the molecule is CC(C)(C)C(NC(=O)OCC1c2ccccc2-c2ccccc21)C(=O)N1CCCC1C(=O)O. The van der Waals surface area contributed by atoms with E-state index in [-0.39, 0.29) is 18.4 Å². The smallest absolute Gasteiger partial charge is 0.407 e. The van der Waals surface area contributed by atoms with Crippen LogP contribution in [0.15, 0.2) is 48.5 Å². The molecule has 0 radical (unpaired) electrons. The molecule has 0 spiro atoms. The van der Waals surface area contributed by atoms with Crippen LogP contribution >= 0.6 is 0 Å². The number of likely N-dealkylation sites (tertiary alicyclic amines) is 1. The minimum Gasteiger partial charge on any atom is -0.480 e. The summed E-state index contributed by atoms with van der Waals surface area (Å²) in [5.41, 5.74) is 3.87. The number of aliphatic carboxylic acids is 1. The molecule has 1 fully saturated rings. The van der Waals surface area contributed by atoms with Gasteiger partial charge in [-0.3, -0.25) is 4.79 Å². The number of fused-ring (bicyclic) bond motifs is 3. The van der Waals surface area contributed by atoms with Gasteiger partial charge in [0.2, 0.25) is 5.91 Å². The minimum absolute atomic E-state index is 0.0816. The lowest BCUT2D eigenvalue weighted by molar-refractivity contribution is -0.150. The molecule has 1 saturated heterocycles. The van der Waals surface area contributed by atoms with Crippen LogP contribution in [-0.2, 0) is 14.3 Å². The number of nitrogens with one attached hydrogen (secondary N) is 1. The standard InChI is InChI=1S/C26H30N2O5/c1-26(2,3)22(23(29)28-14-8-13-21(28)24(30)31)27-25(32)33-15-20-18-11-6-4-9-16(18)17-10-5-7-12-19(17)20/h4-7,9-12,20-22H,8,13-15H2,1-3H3,(H,27,32)(H,30,31). The third kappa shape index (κ3) is 4.45. The predicted molar refractivity (Wildman–Crippen MR) is 124 cm³/mol. The second-order valence-corrected chi connectivity index (χ2v) is 9.80. The van der Waals surface area contributed by atoms with E-state index in [0.29, 0.717) is 19.4 Å². The maximum atomic E-state index is 13.2. The Bertz CT molecular complexity index is 1030. The van der Waals surface area contributed by atoms with Crippen LogP contribution in [0.1, 0.15) is 50.7 Å². The van der Waals surface area contributed by atoms with Crippen molar-refractivity contribution in [3.8, 4) is 11.1 Å². The molecule has 2 unspecified atom stereocenters. The molecule has 2 aromatic carbocycles. The molecule has 0 bridgehead atoms. The van der Waals surface area contributed by atoms with Crippen LogP contribution in [0.25, 0.3) is 11.1 Å². The third-order valence-corrected chi connectivity index (χ3v) is 6.54. The molecule has 2 amide bonds. The van der Waals surface area contributed by atoms with Gasteiger partial charge in [-0.15, -0.1) is 0 Å². The topological polar surface area (TPSA) is 95.9 Å². The lowest BCUT2D eigenvalue weighted by atomic mass is 9.85. The molecule has 7 heteroatoms. The number of nitrogens with zero attached hydrogens (tertiary/aromatic N) is 1. The Morgan fingerprint density at radius 2 is 1.64 bits per heavy atom. The molecular formula is C26H30N2O5. The quantitative estimate of drug-likeness (QED) is 0.717. The summed E-state index contributed by atoms with van der Waals surface area (Å²) in [7, 11) is 0. The summed E-state index contributed by atoms with van der Waals surface area (Å²) in [4.78, 5) is 38.9. The van der Waals surface area contributed by atoms with Crippen LogP contribution < -0.4 is 5.32 Å². The molecule has 1 aliphatic heterocycles. The molecule has 7 nitrogen and oxygen atoms in total. The van der Waals surface area contributed by atoms with E-state index in [1.54, 1.807) is 0 Å². The van der Waals surface area contributed by atoms with Gasteiger partial charge in [-0.2, -0.15) is 0 Å². The van der Waals surface area contributed by atoms with Gasteiger partial charge in [0.25, 0.3) is 0 Å². The van der Waals surface area contributed by atoms with Crippen molar-refractivity contribution in [3.05, 3.63) is 59.7 Å². The first-order chi connectivity index (χ1) is 15.7. The fraction of sp³-hybridized carbons (Fsp3) is 0.423. The van der Waals surface area contributed by atoms with E-state index < -0.39 is 29.6 Å². The lowest BCUT2D eigenvalue weighted by Gasteiger charge is -2.34. The minimum atomic E-state index is -1.02. The summed E-state index contributed by atoms with van der Waals surface area (Å²) in [5.74, 6) is -1.49. The largest absolute Gasteiger partial charge is 0.480 e. The van der Waals surface area contributed by atoms with E-state index in [2.05, 4.69) is 17.4 Å². The fourth-order valence-electron chi connectivity index (χ4n) is 4.86. The van der Waals surface area contributed by atoms with Crippen LogP contribution in [0.5, 0.6) is 0 Å². The van der Waals surface area contributed by atoms with E-state index >= 15 is 0 Å². The zero-order valence-electron chi connectivity index (χ0n) is 19.2. The van der Waals surface area contributed by atoms with E-state index in [1.807, 2.05) is 57.2 Å². The van der Waals surface area contributed by atoms with Crippen LogP contribution in [-0.4, -0.2) is 53.2 Å². The normalized spacial score (nSPS) is 18.4. The number of amides is 2. The van der Waals surface area contributed by atoms with Gasteiger partial charge >= 0.3 is 12.1 Å². The summed E-state index contributed by atoms with van der Waals surface area (Å²) in [6.45, 7) is 6.03. The number of carboxylic acid groups (broad SMARTS) is 1. The molecule has 1 aliphatic carbocycles. The highest BCUT2D eigenvalue weighted by molar-refractivity contribution is 5.90. The second-order valence-electron chi connectivity index (χ2n) is 9.80. The zero-order chi connectivity index (χ0) is 23.8. The highest BCUT2D eigenvalue weighted by atomic mass is 16.5. The first kappa shape index (κ1) is 22.8. The zero-order valence-corrected chi connectivity index (χ0v) is 19.2. The fourth-order valence-corrected chi connectivity index (χ4v) is 4.86. The van der Waals surface area contributed by atoms with Crippen molar-refractivity contribution >= 4 is 18.0 Å².